The first-order valence-electron chi connectivity index (χ1n) is 7.85. The third-order valence-electron chi connectivity index (χ3n) is 3.90. The molecule has 2 amide bonds. The van der Waals surface area contributed by atoms with Gasteiger partial charge in [-0.05, 0) is 24.5 Å². The molecule has 0 bridgehead atoms. The molecule has 1 aromatic heterocycles. The minimum absolute atomic E-state index is 0.0180. The summed E-state index contributed by atoms with van der Waals surface area (Å²) in [5, 5.41) is 7.61. The van der Waals surface area contributed by atoms with Crippen molar-refractivity contribution in [1.29, 1.82) is 0 Å². The van der Waals surface area contributed by atoms with Crippen LogP contribution in [0.1, 0.15) is 28.8 Å². The van der Waals surface area contributed by atoms with Gasteiger partial charge in [0.15, 0.2) is 0 Å². The number of fused-ring (bicyclic) bond motifs is 1. The Balaban J connectivity index is 1.51. The van der Waals surface area contributed by atoms with Crippen LogP contribution < -0.4 is 10.6 Å². The molecule has 0 spiro atoms. The maximum absolute atomic E-state index is 12.1. The molecule has 2 aromatic rings. The Hall–Kier alpha value is -1.92. The van der Waals surface area contributed by atoms with E-state index in [-0.39, 0.29) is 12.1 Å². The van der Waals surface area contributed by atoms with Gasteiger partial charge in [-0.3, -0.25) is 5.32 Å². The van der Waals surface area contributed by atoms with Crippen LogP contribution in [0.2, 0.25) is 0 Å². The average Bonchev–Trinajstić information content (AvgIpc) is 2.93. The monoisotopic (exact) mass is 331 g/mol. The van der Waals surface area contributed by atoms with Crippen LogP contribution >= 0.6 is 11.3 Å². The zero-order valence-corrected chi connectivity index (χ0v) is 14.2. The fourth-order valence-corrected chi connectivity index (χ4v) is 3.51. The average molecular weight is 331 g/mol. The fourth-order valence-electron chi connectivity index (χ4n) is 2.61. The molecule has 0 saturated heterocycles. The molecule has 6 heteroatoms. The van der Waals surface area contributed by atoms with Gasteiger partial charge in [0.05, 0.1) is 23.4 Å². The number of rotatable bonds is 4. The molecule has 1 atom stereocenters. The van der Waals surface area contributed by atoms with E-state index >= 15 is 0 Å². The summed E-state index contributed by atoms with van der Waals surface area (Å²) in [4.78, 5) is 16.5. The Morgan fingerprint density at radius 3 is 2.91 bits per heavy atom. The summed E-state index contributed by atoms with van der Waals surface area (Å²) in [5.41, 5.74) is 3.40. The number of carbonyl (C=O) groups is 1. The summed E-state index contributed by atoms with van der Waals surface area (Å²) >= 11 is 1.53. The minimum atomic E-state index is -0.207. The molecule has 0 aliphatic carbocycles. The number of urea groups is 1. The van der Waals surface area contributed by atoms with Crippen LogP contribution in [0, 0.1) is 6.92 Å². The number of thiazole rings is 1. The molecule has 23 heavy (non-hydrogen) atoms. The molecular formula is C17H21N3O2S. The maximum atomic E-state index is 12.1. The normalized spacial score (nSPS) is 16.7. The highest BCUT2D eigenvalue weighted by atomic mass is 32.1. The van der Waals surface area contributed by atoms with E-state index in [2.05, 4.69) is 34.7 Å². The fraction of sp³-hybridized carbons (Fsp3) is 0.412. The molecule has 0 fully saturated rings. The summed E-state index contributed by atoms with van der Waals surface area (Å²) in [5.74, 6) is 0. The van der Waals surface area contributed by atoms with Gasteiger partial charge in [-0.25, -0.2) is 9.78 Å². The molecule has 5 nitrogen and oxygen atoms in total. The van der Waals surface area contributed by atoms with Crippen LogP contribution in [-0.2, 0) is 24.2 Å². The van der Waals surface area contributed by atoms with Gasteiger partial charge < -0.3 is 10.1 Å². The second-order valence-corrected chi connectivity index (χ2v) is 6.70. The first-order chi connectivity index (χ1) is 11.2. The third-order valence-corrected chi connectivity index (χ3v) is 5.12. The van der Waals surface area contributed by atoms with E-state index in [1.165, 1.54) is 22.5 Å². The highest BCUT2D eigenvalue weighted by molar-refractivity contribution is 7.16. The predicted octanol–water partition coefficient (Wildman–Crippen LogP) is 3.28. The van der Waals surface area contributed by atoms with Gasteiger partial charge in [0.25, 0.3) is 0 Å². The van der Waals surface area contributed by atoms with Gasteiger partial charge in [-0.15, -0.1) is 11.3 Å². The van der Waals surface area contributed by atoms with Gasteiger partial charge in [-0.1, -0.05) is 31.2 Å². The number of hydrogen-bond acceptors (Lipinski definition) is 4. The lowest BCUT2D eigenvalue weighted by molar-refractivity contribution is 0.0308. The lowest BCUT2D eigenvalue weighted by atomic mass is 9.99. The Kier molecular flexibility index (Phi) is 4.93. The van der Waals surface area contributed by atoms with Crippen molar-refractivity contribution in [2.75, 3.05) is 11.9 Å². The van der Waals surface area contributed by atoms with Crippen molar-refractivity contribution >= 4 is 22.4 Å². The Morgan fingerprint density at radius 2 is 2.17 bits per heavy atom. The van der Waals surface area contributed by atoms with Crippen LogP contribution in [-0.4, -0.2) is 23.7 Å². The van der Waals surface area contributed by atoms with Gasteiger partial charge in [0.1, 0.15) is 5.00 Å². The predicted molar refractivity (Wildman–Crippen MR) is 92.0 cm³/mol. The van der Waals surface area contributed by atoms with Crippen LogP contribution in [0.25, 0.3) is 0 Å². The van der Waals surface area contributed by atoms with E-state index < -0.39 is 0 Å². The number of aromatic nitrogens is 1. The number of ether oxygens (including phenoxy) is 1. The van der Waals surface area contributed by atoms with Gasteiger partial charge in [0, 0.05) is 13.0 Å². The molecular weight excluding hydrogens is 310 g/mol. The van der Waals surface area contributed by atoms with Crippen molar-refractivity contribution in [3.8, 4) is 0 Å². The van der Waals surface area contributed by atoms with Crippen molar-refractivity contribution in [3.63, 3.8) is 0 Å². The highest BCUT2D eigenvalue weighted by Gasteiger charge is 2.19. The maximum Gasteiger partial charge on any atom is 0.319 e. The molecule has 2 N–H and O–H groups in total. The van der Waals surface area contributed by atoms with Crippen LogP contribution in [0.3, 0.4) is 0 Å². The molecule has 3 rings (SSSR count). The van der Waals surface area contributed by atoms with E-state index in [9.17, 15) is 4.79 Å². The standard InChI is InChI=1S/C17H21N3O2S/c1-3-15-19-11(2)16(23-15)20-17(21)18-9-14-8-12-6-4-5-7-13(12)10-22-14/h4-7,14H,3,8-10H2,1-2H3,(H2,18,20,21)/t14-/m0/s1. The first kappa shape index (κ1) is 16.0. The SMILES string of the molecule is CCc1nc(C)c(NC(=O)NC[C@@H]2Cc3ccccc3CO2)s1. The molecule has 0 radical (unpaired) electrons. The lowest BCUT2D eigenvalue weighted by Crippen LogP contribution is -2.38. The van der Waals surface area contributed by atoms with Gasteiger partial charge in [0.2, 0.25) is 0 Å². The van der Waals surface area contributed by atoms with Crippen molar-refractivity contribution < 1.29 is 9.53 Å². The summed E-state index contributed by atoms with van der Waals surface area (Å²) in [6, 6.07) is 8.07. The summed E-state index contributed by atoms with van der Waals surface area (Å²) in [7, 11) is 0. The largest absolute Gasteiger partial charge is 0.371 e. The number of aryl methyl sites for hydroxylation is 2. The number of benzene rings is 1. The lowest BCUT2D eigenvalue weighted by Gasteiger charge is -2.25. The quantitative estimate of drug-likeness (QED) is 0.904. The molecule has 0 saturated carbocycles. The zero-order valence-electron chi connectivity index (χ0n) is 13.4. The topological polar surface area (TPSA) is 63.2 Å². The van der Waals surface area contributed by atoms with Crippen molar-refractivity contribution in [2.24, 2.45) is 0 Å². The number of nitrogens with zero attached hydrogens (tertiary/aromatic N) is 1. The number of anilines is 1. The van der Waals surface area contributed by atoms with E-state index in [0.717, 1.165) is 28.5 Å². The Labute approximate surface area is 140 Å². The van der Waals surface area contributed by atoms with E-state index in [1.807, 2.05) is 19.1 Å². The van der Waals surface area contributed by atoms with Gasteiger partial charge >= 0.3 is 6.03 Å². The van der Waals surface area contributed by atoms with Crippen LogP contribution in [0.5, 0.6) is 0 Å². The smallest absolute Gasteiger partial charge is 0.319 e. The minimum Gasteiger partial charge on any atom is -0.371 e. The Morgan fingerprint density at radius 1 is 1.39 bits per heavy atom. The van der Waals surface area contributed by atoms with Crippen molar-refractivity contribution in [3.05, 3.63) is 46.1 Å². The molecule has 1 aliphatic rings. The van der Waals surface area contributed by atoms with E-state index in [4.69, 9.17) is 4.74 Å². The summed E-state index contributed by atoms with van der Waals surface area (Å²) in [6.45, 7) is 5.07. The van der Waals surface area contributed by atoms with Crippen LogP contribution in [0.15, 0.2) is 24.3 Å². The van der Waals surface area contributed by atoms with E-state index in [0.29, 0.717) is 13.2 Å². The second kappa shape index (κ2) is 7.10. The van der Waals surface area contributed by atoms with E-state index in [1.54, 1.807) is 0 Å². The number of carbonyl (C=O) groups excluding carboxylic acids is 1. The van der Waals surface area contributed by atoms with Crippen molar-refractivity contribution in [2.45, 2.75) is 39.4 Å². The molecule has 0 unspecified atom stereocenters. The highest BCUT2D eigenvalue weighted by Crippen LogP contribution is 2.24. The summed E-state index contributed by atoms with van der Waals surface area (Å²) in [6.07, 6.45) is 1.73. The number of nitrogens with one attached hydrogen (secondary N) is 2. The molecule has 122 valence electrons. The third kappa shape index (κ3) is 3.89. The summed E-state index contributed by atoms with van der Waals surface area (Å²) < 4.78 is 5.80. The second-order valence-electron chi connectivity index (χ2n) is 5.62. The first-order valence-corrected chi connectivity index (χ1v) is 8.67. The van der Waals surface area contributed by atoms with Gasteiger partial charge in [-0.2, -0.15) is 0 Å². The van der Waals surface area contributed by atoms with Crippen LogP contribution in [0.4, 0.5) is 9.80 Å². The number of amides is 2. The molecule has 1 aliphatic heterocycles. The van der Waals surface area contributed by atoms with Crippen molar-refractivity contribution in [1.82, 2.24) is 10.3 Å². The Bertz CT molecular complexity index is 699. The molecule has 1 aromatic carbocycles. The number of hydrogen-bond donors (Lipinski definition) is 2. The zero-order chi connectivity index (χ0) is 16.2. The molecule has 2 heterocycles.